The molecule has 0 aromatic heterocycles. The fourth-order valence-corrected chi connectivity index (χ4v) is 3.62. The maximum absolute atomic E-state index is 12.6. The fourth-order valence-electron chi connectivity index (χ4n) is 2.53. The molecule has 0 aliphatic carbocycles. The summed E-state index contributed by atoms with van der Waals surface area (Å²) in [4.78, 5) is 35.9. The molecule has 0 bridgehead atoms. The first kappa shape index (κ1) is 19.6. The molecule has 0 saturated heterocycles. The first-order valence-electron chi connectivity index (χ1n) is 7.19. The Morgan fingerprint density at radius 1 is 1.04 bits per heavy atom. The van der Waals surface area contributed by atoms with E-state index in [0.717, 1.165) is 10.5 Å². The van der Waals surface area contributed by atoms with Crippen LogP contribution in [0.25, 0.3) is 0 Å². The molecule has 0 atom stereocenters. The van der Waals surface area contributed by atoms with E-state index in [9.17, 15) is 19.5 Å². The predicted molar refractivity (Wildman–Crippen MR) is 84.4 cm³/mol. The number of carbonyl (C=O) groups is 3. The average Bonchev–Trinajstić information content (AvgIpc) is 2.70. The van der Waals surface area contributed by atoms with Crippen molar-refractivity contribution in [3.05, 3.63) is 64.7 Å². The third kappa shape index (κ3) is 4.25. The Hall–Kier alpha value is -0.764. The minimum Gasteiger partial charge on any atom is -0.550 e. The Labute approximate surface area is 186 Å². The van der Waals surface area contributed by atoms with Crippen LogP contribution >= 0.6 is 11.8 Å². The minimum atomic E-state index is -1.24. The van der Waals surface area contributed by atoms with Crippen molar-refractivity contribution in [1.82, 2.24) is 0 Å². The average molecular weight is 364 g/mol. The fraction of sp³-hybridized carbons (Fsp3) is 0.167. The number of carboxylic acids is 1. The minimum absolute atomic E-state index is 0. The number of hydrogen-bond acceptors (Lipinski definition) is 5. The molecule has 0 amide bonds. The second kappa shape index (κ2) is 8.56. The molecule has 24 heavy (non-hydrogen) atoms. The molecule has 0 fully saturated rings. The molecular weight excluding hydrogens is 351 g/mol. The maximum Gasteiger partial charge on any atom is 1.00 e. The van der Waals surface area contributed by atoms with Gasteiger partial charge in [0.25, 0.3) is 0 Å². The van der Waals surface area contributed by atoms with Gasteiger partial charge in [-0.05, 0) is 24.1 Å². The van der Waals surface area contributed by atoms with Gasteiger partial charge in [0.15, 0.2) is 11.6 Å². The molecule has 1 aliphatic heterocycles. The van der Waals surface area contributed by atoms with Crippen LogP contribution in [-0.2, 0) is 10.5 Å². The van der Waals surface area contributed by atoms with E-state index in [1.165, 1.54) is 11.8 Å². The zero-order valence-corrected chi connectivity index (χ0v) is 17.1. The molecule has 1 heterocycles. The summed E-state index contributed by atoms with van der Waals surface area (Å²) in [5.41, 5.74) is 2.67. The van der Waals surface area contributed by atoms with E-state index in [1.54, 1.807) is 18.2 Å². The van der Waals surface area contributed by atoms with Gasteiger partial charge in [-0.1, -0.05) is 30.3 Å². The molecule has 1 aliphatic rings. The van der Waals surface area contributed by atoms with Crippen molar-refractivity contribution >= 4 is 29.3 Å². The summed E-state index contributed by atoms with van der Waals surface area (Å²) in [6, 6.07) is 12.4. The molecule has 0 radical (unpaired) electrons. The van der Waals surface area contributed by atoms with Crippen molar-refractivity contribution in [3.8, 4) is 0 Å². The van der Waals surface area contributed by atoms with Crippen LogP contribution < -0.4 is 56.5 Å². The summed E-state index contributed by atoms with van der Waals surface area (Å²) in [6.07, 6.45) is -0.395. The van der Waals surface area contributed by atoms with E-state index in [1.807, 2.05) is 24.3 Å². The molecule has 4 nitrogen and oxygen atoms in total. The van der Waals surface area contributed by atoms with Crippen LogP contribution in [0.15, 0.2) is 47.4 Å². The molecule has 0 spiro atoms. The predicted octanol–water partition coefficient (Wildman–Crippen LogP) is -0.760. The largest absolute Gasteiger partial charge is 1.00 e. The van der Waals surface area contributed by atoms with Gasteiger partial charge in [-0.15, -0.1) is 11.8 Å². The molecule has 3 rings (SSSR count). The summed E-state index contributed by atoms with van der Waals surface area (Å²) in [5, 5.41) is 10.5. The van der Waals surface area contributed by atoms with Gasteiger partial charge in [-0.25, -0.2) is 0 Å². The van der Waals surface area contributed by atoms with Crippen molar-refractivity contribution in [2.75, 3.05) is 0 Å². The number of thioether (sulfide) groups is 1. The number of carbonyl (C=O) groups excluding carboxylic acids is 3. The third-order valence-electron chi connectivity index (χ3n) is 3.75. The summed E-state index contributed by atoms with van der Waals surface area (Å²) < 4.78 is 0. The number of carboxylic acid groups (broad SMARTS) is 1. The quantitative estimate of drug-likeness (QED) is 0.527. The molecule has 2 aromatic rings. The Morgan fingerprint density at radius 2 is 1.79 bits per heavy atom. The topological polar surface area (TPSA) is 74.3 Å². The van der Waals surface area contributed by atoms with Crippen molar-refractivity contribution < 1.29 is 70.9 Å². The van der Waals surface area contributed by atoms with Crippen molar-refractivity contribution in [3.63, 3.8) is 0 Å². The van der Waals surface area contributed by atoms with Crippen LogP contribution in [0.5, 0.6) is 0 Å². The van der Waals surface area contributed by atoms with E-state index < -0.39 is 5.97 Å². The summed E-state index contributed by atoms with van der Waals surface area (Å²) in [7, 11) is 0. The summed E-state index contributed by atoms with van der Waals surface area (Å²) in [6.45, 7) is 0. The zero-order valence-electron chi connectivity index (χ0n) is 13.2. The van der Waals surface area contributed by atoms with Gasteiger partial charge in [0.2, 0.25) is 0 Å². The Balaban J connectivity index is 0.00000208. The van der Waals surface area contributed by atoms with Crippen LogP contribution in [0.3, 0.4) is 0 Å². The van der Waals surface area contributed by atoms with Gasteiger partial charge in [0.1, 0.15) is 0 Å². The maximum atomic E-state index is 12.6. The van der Waals surface area contributed by atoms with Gasteiger partial charge >= 0.3 is 51.4 Å². The van der Waals surface area contributed by atoms with Gasteiger partial charge in [0, 0.05) is 39.7 Å². The van der Waals surface area contributed by atoms with Gasteiger partial charge in [-0.3, -0.25) is 9.59 Å². The standard InChI is InChI=1S/C18H14O4S.K/c19-15(7-8-17(20)21)11-5-6-14-16(9-11)23-10-12-3-1-2-4-13(12)18(14)22;/h1-6,9H,7-8,10H2,(H,20,21);/q;+1/p-1. The molecule has 0 saturated carbocycles. The van der Waals surface area contributed by atoms with E-state index in [4.69, 9.17) is 0 Å². The smallest absolute Gasteiger partial charge is 0.550 e. The van der Waals surface area contributed by atoms with E-state index in [-0.39, 0.29) is 75.8 Å². The molecule has 0 N–H and O–H groups in total. The molecule has 2 aromatic carbocycles. The van der Waals surface area contributed by atoms with Gasteiger partial charge < -0.3 is 9.90 Å². The second-order valence-corrected chi connectivity index (χ2v) is 6.30. The van der Waals surface area contributed by atoms with Crippen LogP contribution in [0.4, 0.5) is 0 Å². The Morgan fingerprint density at radius 3 is 2.54 bits per heavy atom. The van der Waals surface area contributed by atoms with Crippen LogP contribution in [0.1, 0.15) is 44.7 Å². The number of hydrogen-bond donors (Lipinski definition) is 0. The van der Waals surface area contributed by atoms with E-state index in [2.05, 4.69) is 0 Å². The van der Waals surface area contributed by atoms with Crippen molar-refractivity contribution in [2.45, 2.75) is 23.5 Å². The molecular formula is C18H13KO4S. The second-order valence-electron chi connectivity index (χ2n) is 5.28. The number of benzene rings is 2. The van der Waals surface area contributed by atoms with Gasteiger partial charge in [0.05, 0.1) is 0 Å². The number of rotatable bonds is 4. The van der Waals surface area contributed by atoms with Crippen molar-refractivity contribution in [1.29, 1.82) is 0 Å². The zero-order chi connectivity index (χ0) is 16.4. The number of aliphatic carboxylic acids is 1. The Bertz CT molecular complexity index is 816. The van der Waals surface area contributed by atoms with Crippen LogP contribution in [0, 0.1) is 0 Å². The third-order valence-corrected chi connectivity index (χ3v) is 4.85. The number of Topliss-reactive ketones (excluding diaryl/α,β-unsaturated/α-hetero) is 1. The molecule has 6 heteroatoms. The molecule has 0 unspecified atom stereocenters. The first-order valence-corrected chi connectivity index (χ1v) is 8.17. The monoisotopic (exact) mass is 364 g/mol. The van der Waals surface area contributed by atoms with E-state index >= 15 is 0 Å². The number of fused-ring (bicyclic) bond motifs is 2. The number of ketones is 2. The summed E-state index contributed by atoms with van der Waals surface area (Å²) in [5.74, 6) is -0.889. The van der Waals surface area contributed by atoms with Crippen LogP contribution in [-0.4, -0.2) is 17.5 Å². The SMILES string of the molecule is O=C([O-])CCC(=O)c1ccc2c(c1)SCc1ccccc1C2=O.[K+]. The molecule has 116 valence electrons. The first-order chi connectivity index (χ1) is 11.1. The van der Waals surface area contributed by atoms with E-state index in [0.29, 0.717) is 22.4 Å². The summed E-state index contributed by atoms with van der Waals surface area (Å²) >= 11 is 1.51. The van der Waals surface area contributed by atoms with Crippen molar-refractivity contribution in [2.24, 2.45) is 0 Å². The Kier molecular flexibility index (Phi) is 6.97. The van der Waals surface area contributed by atoms with Crippen LogP contribution in [0.2, 0.25) is 0 Å². The normalized spacial score (nSPS) is 12.4. The van der Waals surface area contributed by atoms with Gasteiger partial charge in [-0.2, -0.15) is 0 Å².